The molecule has 0 unspecified atom stereocenters. The molecule has 1 heterocycles. The molecule has 0 aromatic carbocycles. The van der Waals surface area contributed by atoms with Gasteiger partial charge in [0.1, 0.15) is 0 Å². The van der Waals surface area contributed by atoms with E-state index in [1.54, 1.807) is 0 Å². The van der Waals surface area contributed by atoms with Gasteiger partial charge in [-0.1, -0.05) is 0 Å². The van der Waals surface area contributed by atoms with Crippen molar-refractivity contribution in [3.05, 3.63) is 0 Å². The molecule has 0 spiro atoms. The maximum atomic E-state index is 5.45. The van der Waals surface area contributed by atoms with Crippen LogP contribution in [0.3, 0.4) is 0 Å². The molecule has 0 amide bonds. The third-order valence-electron chi connectivity index (χ3n) is 5.08. The predicted octanol–water partition coefficient (Wildman–Crippen LogP) is 1.37. The van der Waals surface area contributed by atoms with Crippen molar-refractivity contribution < 1.29 is 4.74 Å². The summed E-state index contributed by atoms with van der Waals surface area (Å²) in [5, 5.41) is 0. The molecule has 1 saturated carbocycles. The Hall–Kier alpha value is -0.160. The summed E-state index contributed by atoms with van der Waals surface area (Å²) >= 11 is 0. The largest absolute Gasteiger partial charge is 0.381 e. The zero-order chi connectivity index (χ0) is 14.5. The van der Waals surface area contributed by atoms with Gasteiger partial charge in [0.05, 0.1) is 6.10 Å². The van der Waals surface area contributed by atoms with Gasteiger partial charge in [0.15, 0.2) is 0 Å². The third-order valence-corrected chi connectivity index (χ3v) is 5.08. The maximum absolute atomic E-state index is 5.45. The standard InChI is InChI=1S/C16H33N3O/c1-17(2)9-10-19(15-11-16(12-15)20-4)13-14-5-7-18(3)8-6-14/h14-16H,5-13H2,1-4H3/t15-,16-. The fourth-order valence-corrected chi connectivity index (χ4v) is 3.36. The van der Waals surface area contributed by atoms with Crippen LogP contribution in [0.5, 0.6) is 0 Å². The number of nitrogens with zero attached hydrogens (tertiary/aromatic N) is 3. The lowest BCUT2D eigenvalue weighted by Crippen LogP contribution is -2.51. The van der Waals surface area contributed by atoms with Crippen LogP contribution in [-0.2, 0) is 4.74 Å². The molecule has 1 saturated heterocycles. The number of rotatable bonds is 7. The average molecular weight is 283 g/mol. The lowest BCUT2D eigenvalue weighted by molar-refractivity contribution is -0.0349. The third kappa shape index (κ3) is 4.69. The number of hydrogen-bond donors (Lipinski definition) is 0. The molecule has 1 aliphatic heterocycles. The van der Waals surface area contributed by atoms with Gasteiger partial charge in [-0.15, -0.1) is 0 Å². The minimum Gasteiger partial charge on any atom is -0.381 e. The zero-order valence-corrected chi connectivity index (χ0v) is 13.8. The average Bonchev–Trinajstić information content (AvgIpc) is 2.37. The Morgan fingerprint density at radius 1 is 1.10 bits per heavy atom. The Morgan fingerprint density at radius 3 is 2.30 bits per heavy atom. The Morgan fingerprint density at radius 2 is 1.75 bits per heavy atom. The number of likely N-dealkylation sites (tertiary alicyclic amines) is 1. The van der Waals surface area contributed by atoms with Crippen LogP contribution in [0, 0.1) is 5.92 Å². The molecule has 4 nitrogen and oxygen atoms in total. The molecule has 0 bridgehead atoms. The number of ether oxygens (including phenoxy) is 1. The summed E-state index contributed by atoms with van der Waals surface area (Å²) in [6.45, 7) is 6.22. The van der Waals surface area contributed by atoms with Gasteiger partial charge in [0.25, 0.3) is 0 Å². The molecule has 0 radical (unpaired) electrons. The van der Waals surface area contributed by atoms with Gasteiger partial charge in [-0.25, -0.2) is 0 Å². The normalized spacial score (nSPS) is 29.1. The first-order chi connectivity index (χ1) is 9.58. The summed E-state index contributed by atoms with van der Waals surface area (Å²) in [6, 6.07) is 0.763. The lowest BCUT2D eigenvalue weighted by atomic mass is 9.86. The van der Waals surface area contributed by atoms with Crippen LogP contribution in [0.4, 0.5) is 0 Å². The van der Waals surface area contributed by atoms with E-state index in [1.165, 1.54) is 58.4 Å². The van der Waals surface area contributed by atoms with Gasteiger partial charge in [-0.05, 0) is 65.8 Å². The molecule has 2 aliphatic rings. The summed E-state index contributed by atoms with van der Waals surface area (Å²) in [7, 11) is 8.44. The summed E-state index contributed by atoms with van der Waals surface area (Å²) in [5.74, 6) is 0.898. The summed E-state index contributed by atoms with van der Waals surface area (Å²) < 4.78 is 5.45. The second-order valence-corrected chi connectivity index (χ2v) is 7.03. The highest BCUT2D eigenvalue weighted by Crippen LogP contribution is 2.29. The Bertz CT molecular complexity index is 271. The van der Waals surface area contributed by atoms with Crippen LogP contribution in [0.2, 0.25) is 0 Å². The van der Waals surface area contributed by atoms with Gasteiger partial charge in [-0.3, -0.25) is 4.90 Å². The van der Waals surface area contributed by atoms with Crippen molar-refractivity contribution in [2.24, 2.45) is 5.92 Å². The van der Waals surface area contributed by atoms with Gasteiger partial charge < -0.3 is 14.5 Å². The molecule has 0 aromatic heterocycles. The second-order valence-electron chi connectivity index (χ2n) is 7.03. The van der Waals surface area contributed by atoms with Crippen molar-refractivity contribution in [3.8, 4) is 0 Å². The molecule has 4 heteroatoms. The topological polar surface area (TPSA) is 19.0 Å². The van der Waals surface area contributed by atoms with Crippen LogP contribution >= 0.6 is 0 Å². The highest BCUT2D eigenvalue weighted by atomic mass is 16.5. The minimum atomic E-state index is 0.513. The fraction of sp³-hybridized carbons (Fsp3) is 1.00. The Kier molecular flexibility index (Phi) is 6.27. The van der Waals surface area contributed by atoms with Gasteiger partial charge in [-0.2, -0.15) is 0 Å². The van der Waals surface area contributed by atoms with E-state index in [-0.39, 0.29) is 0 Å². The van der Waals surface area contributed by atoms with Crippen LogP contribution in [0.25, 0.3) is 0 Å². The first kappa shape index (κ1) is 16.2. The highest BCUT2D eigenvalue weighted by molar-refractivity contribution is 4.89. The SMILES string of the molecule is CO[C@H]1C[C@H](N(CCN(C)C)CC2CCN(C)CC2)C1. The van der Waals surface area contributed by atoms with Crippen LogP contribution in [0.1, 0.15) is 25.7 Å². The zero-order valence-electron chi connectivity index (χ0n) is 13.8. The van der Waals surface area contributed by atoms with Crippen molar-refractivity contribution in [1.82, 2.24) is 14.7 Å². The summed E-state index contributed by atoms with van der Waals surface area (Å²) in [5.41, 5.74) is 0. The van der Waals surface area contributed by atoms with E-state index >= 15 is 0 Å². The van der Waals surface area contributed by atoms with Gasteiger partial charge >= 0.3 is 0 Å². The van der Waals surface area contributed by atoms with Crippen LogP contribution in [-0.4, -0.2) is 87.8 Å². The number of methoxy groups -OCH3 is 1. The summed E-state index contributed by atoms with van der Waals surface area (Å²) in [4.78, 5) is 7.50. The summed E-state index contributed by atoms with van der Waals surface area (Å²) in [6.07, 6.45) is 5.72. The molecule has 20 heavy (non-hydrogen) atoms. The predicted molar refractivity (Wildman–Crippen MR) is 84.2 cm³/mol. The molecule has 118 valence electrons. The Balaban J connectivity index is 1.79. The first-order valence-electron chi connectivity index (χ1n) is 8.18. The van der Waals surface area contributed by atoms with E-state index in [9.17, 15) is 0 Å². The molecule has 1 aliphatic carbocycles. The Labute approximate surface area is 125 Å². The van der Waals surface area contributed by atoms with Crippen LogP contribution in [0.15, 0.2) is 0 Å². The van der Waals surface area contributed by atoms with Crippen molar-refractivity contribution in [2.45, 2.75) is 37.8 Å². The highest BCUT2D eigenvalue weighted by Gasteiger charge is 2.34. The maximum Gasteiger partial charge on any atom is 0.0601 e. The molecular weight excluding hydrogens is 250 g/mol. The quantitative estimate of drug-likeness (QED) is 0.702. The molecule has 2 fully saturated rings. The van der Waals surface area contributed by atoms with Gasteiger partial charge in [0, 0.05) is 32.8 Å². The van der Waals surface area contributed by atoms with Crippen molar-refractivity contribution >= 4 is 0 Å². The monoisotopic (exact) mass is 283 g/mol. The number of piperidine rings is 1. The second kappa shape index (κ2) is 7.74. The molecule has 2 rings (SSSR count). The minimum absolute atomic E-state index is 0.513. The molecule has 0 atom stereocenters. The van der Waals surface area contributed by atoms with Crippen molar-refractivity contribution in [2.75, 3.05) is 61.0 Å². The first-order valence-corrected chi connectivity index (χ1v) is 8.18. The van der Waals surface area contributed by atoms with E-state index in [4.69, 9.17) is 4.74 Å². The van der Waals surface area contributed by atoms with Crippen molar-refractivity contribution in [1.29, 1.82) is 0 Å². The number of likely N-dealkylation sites (N-methyl/N-ethyl adjacent to an activating group) is 1. The van der Waals surface area contributed by atoms with E-state index in [0.717, 1.165) is 12.0 Å². The van der Waals surface area contributed by atoms with Gasteiger partial charge in [0.2, 0.25) is 0 Å². The fourth-order valence-electron chi connectivity index (χ4n) is 3.36. The molecular formula is C16H33N3O. The molecule has 0 N–H and O–H groups in total. The van der Waals surface area contributed by atoms with E-state index in [1.807, 2.05) is 7.11 Å². The lowest BCUT2D eigenvalue weighted by Gasteiger charge is -2.44. The van der Waals surface area contributed by atoms with Crippen LogP contribution < -0.4 is 0 Å². The van der Waals surface area contributed by atoms with E-state index in [0.29, 0.717) is 6.10 Å². The van der Waals surface area contributed by atoms with E-state index in [2.05, 4.69) is 35.8 Å². The smallest absolute Gasteiger partial charge is 0.0601 e. The van der Waals surface area contributed by atoms with Crippen molar-refractivity contribution in [3.63, 3.8) is 0 Å². The molecule has 0 aromatic rings. The number of hydrogen-bond acceptors (Lipinski definition) is 4. The van der Waals surface area contributed by atoms with E-state index < -0.39 is 0 Å².